The van der Waals surface area contributed by atoms with Gasteiger partial charge >= 0.3 is 0 Å². The van der Waals surface area contributed by atoms with Crippen molar-refractivity contribution in [3.63, 3.8) is 0 Å². The van der Waals surface area contributed by atoms with Crippen LogP contribution >= 0.6 is 0 Å². The number of nitrogens with zero attached hydrogens (tertiary/aromatic N) is 1. The van der Waals surface area contributed by atoms with Gasteiger partial charge in [-0.3, -0.25) is 0 Å². The Balaban J connectivity index is 2.21. The molecular weight excluding hydrogens is 334 g/mol. The monoisotopic (exact) mass is 359 g/mol. The molecule has 1 aliphatic rings. The number of hydrogen-bond acceptors (Lipinski definition) is 4. The van der Waals surface area contributed by atoms with Crippen LogP contribution < -0.4 is 0 Å². The maximum Gasteiger partial charge on any atom is 0.243 e. The van der Waals surface area contributed by atoms with E-state index in [1.165, 1.54) is 4.31 Å². The van der Waals surface area contributed by atoms with E-state index in [2.05, 4.69) is 0 Å². The molecule has 1 saturated heterocycles. The molecule has 2 rings (SSSR count). The summed E-state index contributed by atoms with van der Waals surface area (Å²) in [5.41, 5.74) is 2.66. The summed E-state index contributed by atoms with van der Waals surface area (Å²) in [5, 5.41) is -0.577. The molecule has 0 atom stereocenters. The predicted octanol–water partition coefficient (Wildman–Crippen LogP) is 2.06. The Morgan fingerprint density at radius 3 is 2.04 bits per heavy atom. The summed E-state index contributed by atoms with van der Waals surface area (Å²) in [5.74, 6) is 0.154. The zero-order valence-electron chi connectivity index (χ0n) is 14.3. The molecule has 0 unspecified atom stereocenters. The summed E-state index contributed by atoms with van der Waals surface area (Å²) >= 11 is 0. The van der Waals surface area contributed by atoms with Crippen LogP contribution in [0.2, 0.25) is 0 Å². The Kier molecular flexibility index (Phi) is 4.95. The lowest BCUT2D eigenvalue weighted by atomic mass is 10.1. The van der Waals surface area contributed by atoms with Crippen molar-refractivity contribution in [3.05, 3.63) is 28.8 Å². The van der Waals surface area contributed by atoms with E-state index >= 15 is 0 Å². The number of sulfone groups is 1. The second-order valence-corrected chi connectivity index (χ2v) is 11.1. The summed E-state index contributed by atoms with van der Waals surface area (Å²) in [4.78, 5) is 0.278. The Bertz CT molecular complexity index is 805. The Morgan fingerprint density at radius 2 is 1.52 bits per heavy atom. The molecule has 23 heavy (non-hydrogen) atoms. The lowest BCUT2D eigenvalue weighted by Gasteiger charge is -2.38. The minimum Gasteiger partial charge on any atom is -0.228 e. The number of rotatable bonds is 5. The zero-order chi connectivity index (χ0) is 17.6. The van der Waals surface area contributed by atoms with Gasteiger partial charge in [0.25, 0.3) is 0 Å². The van der Waals surface area contributed by atoms with Crippen LogP contribution in [0.3, 0.4) is 0 Å². The fourth-order valence-corrected chi connectivity index (χ4v) is 6.80. The second kappa shape index (κ2) is 6.18. The molecule has 0 aromatic heterocycles. The van der Waals surface area contributed by atoms with Crippen molar-refractivity contribution >= 4 is 19.9 Å². The van der Waals surface area contributed by atoms with Gasteiger partial charge in [0.2, 0.25) is 10.0 Å². The number of benzene rings is 1. The summed E-state index contributed by atoms with van der Waals surface area (Å²) in [7, 11) is -6.85. The fourth-order valence-electron chi connectivity index (χ4n) is 2.78. The molecule has 0 radical (unpaired) electrons. The van der Waals surface area contributed by atoms with Gasteiger partial charge in [-0.05, 0) is 49.4 Å². The molecule has 0 aliphatic carbocycles. The van der Waals surface area contributed by atoms with Crippen molar-refractivity contribution in [2.24, 2.45) is 5.92 Å². The molecule has 130 valence electrons. The fraction of sp³-hybridized carbons (Fsp3) is 0.625. The third-order valence-corrected chi connectivity index (χ3v) is 8.72. The van der Waals surface area contributed by atoms with E-state index in [1.807, 2.05) is 33.8 Å². The maximum atomic E-state index is 12.7. The molecule has 1 aliphatic heterocycles. The third kappa shape index (κ3) is 3.61. The van der Waals surface area contributed by atoms with Crippen molar-refractivity contribution in [3.8, 4) is 0 Å². The van der Waals surface area contributed by atoms with Crippen LogP contribution in [0.1, 0.15) is 30.5 Å². The van der Waals surface area contributed by atoms with E-state index in [0.29, 0.717) is 5.56 Å². The van der Waals surface area contributed by atoms with Gasteiger partial charge in [0.1, 0.15) is 0 Å². The molecule has 1 aromatic carbocycles. The average Bonchev–Trinajstić information content (AvgIpc) is 2.28. The van der Waals surface area contributed by atoms with Crippen molar-refractivity contribution in [2.45, 2.75) is 44.8 Å². The molecule has 5 nitrogen and oxygen atoms in total. The first kappa shape index (κ1) is 18.4. The van der Waals surface area contributed by atoms with Crippen molar-refractivity contribution in [1.29, 1.82) is 0 Å². The van der Waals surface area contributed by atoms with Crippen LogP contribution in [-0.4, -0.2) is 45.2 Å². The predicted molar refractivity (Wildman–Crippen MR) is 91.8 cm³/mol. The van der Waals surface area contributed by atoms with Crippen LogP contribution in [0.25, 0.3) is 0 Å². The SMILES string of the molecule is Cc1cc(C)c(S(=O)(=O)N2CC(S(=O)(=O)CC(C)C)C2)cc1C. The normalized spacial score (nSPS) is 17.5. The van der Waals surface area contributed by atoms with Gasteiger partial charge in [-0.25, -0.2) is 16.8 Å². The average molecular weight is 360 g/mol. The molecular formula is C16H25NO4S2. The van der Waals surface area contributed by atoms with Crippen molar-refractivity contribution < 1.29 is 16.8 Å². The molecule has 0 saturated carbocycles. The Labute approximate surface area is 139 Å². The lowest BCUT2D eigenvalue weighted by molar-refractivity contribution is 0.309. The van der Waals surface area contributed by atoms with E-state index in [0.717, 1.165) is 11.1 Å². The molecule has 0 N–H and O–H groups in total. The lowest BCUT2D eigenvalue weighted by Crippen LogP contribution is -2.57. The van der Waals surface area contributed by atoms with Crippen LogP contribution in [0.4, 0.5) is 0 Å². The van der Waals surface area contributed by atoms with Gasteiger partial charge in [-0.1, -0.05) is 19.9 Å². The van der Waals surface area contributed by atoms with E-state index in [9.17, 15) is 16.8 Å². The third-order valence-electron chi connectivity index (χ3n) is 4.30. The van der Waals surface area contributed by atoms with E-state index in [4.69, 9.17) is 0 Å². The summed E-state index contributed by atoms with van der Waals surface area (Å²) < 4.78 is 51.1. The first-order chi connectivity index (χ1) is 10.4. The van der Waals surface area contributed by atoms with Gasteiger partial charge < -0.3 is 0 Å². The molecule has 1 fully saturated rings. The van der Waals surface area contributed by atoms with E-state index < -0.39 is 25.1 Å². The smallest absolute Gasteiger partial charge is 0.228 e. The quantitative estimate of drug-likeness (QED) is 0.807. The largest absolute Gasteiger partial charge is 0.243 e. The highest BCUT2D eigenvalue weighted by Gasteiger charge is 2.43. The molecule has 0 amide bonds. The van der Waals surface area contributed by atoms with Crippen molar-refractivity contribution in [1.82, 2.24) is 4.31 Å². The second-order valence-electron chi connectivity index (χ2n) is 6.87. The van der Waals surface area contributed by atoms with Crippen LogP contribution in [0, 0.1) is 26.7 Å². The van der Waals surface area contributed by atoms with E-state index in [-0.39, 0.29) is 29.7 Å². The summed E-state index contributed by atoms with van der Waals surface area (Å²) in [6.45, 7) is 9.41. The molecule has 0 bridgehead atoms. The van der Waals surface area contributed by atoms with Gasteiger partial charge in [0, 0.05) is 13.1 Å². The zero-order valence-corrected chi connectivity index (χ0v) is 16.0. The summed E-state index contributed by atoms with van der Waals surface area (Å²) in [6.07, 6.45) is 0. The molecule has 1 aromatic rings. The van der Waals surface area contributed by atoms with Gasteiger partial charge in [-0.2, -0.15) is 4.31 Å². The van der Waals surface area contributed by atoms with Crippen molar-refractivity contribution in [2.75, 3.05) is 18.8 Å². The maximum absolute atomic E-state index is 12.7. The number of sulfonamides is 1. The minimum absolute atomic E-state index is 0.0487. The highest BCUT2D eigenvalue weighted by Crippen LogP contribution is 2.29. The van der Waals surface area contributed by atoms with Crippen LogP contribution in [0.15, 0.2) is 17.0 Å². The highest BCUT2D eigenvalue weighted by atomic mass is 32.2. The first-order valence-corrected chi connectivity index (χ1v) is 10.9. The molecule has 0 spiro atoms. The Hall–Kier alpha value is -0.920. The van der Waals surface area contributed by atoms with Crippen LogP contribution in [-0.2, 0) is 19.9 Å². The summed E-state index contributed by atoms with van der Waals surface area (Å²) in [6, 6.07) is 3.53. The standard InChI is InChI=1S/C16H25NO4S2/c1-11(2)10-22(18,19)15-8-17(9-15)23(20,21)16-7-13(4)12(3)6-14(16)5/h6-7,11,15H,8-10H2,1-5H3. The Morgan fingerprint density at radius 1 is 1.00 bits per heavy atom. The molecule has 1 heterocycles. The number of aryl methyl sites for hydroxylation is 3. The van der Waals surface area contributed by atoms with Gasteiger partial charge in [0.15, 0.2) is 9.84 Å². The molecule has 7 heteroatoms. The van der Waals surface area contributed by atoms with E-state index in [1.54, 1.807) is 13.0 Å². The number of hydrogen-bond donors (Lipinski definition) is 0. The topological polar surface area (TPSA) is 71.5 Å². The first-order valence-electron chi connectivity index (χ1n) is 7.74. The van der Waals surface area contributed by atoms with Gasteiger partial charge in [0.05, 0.1) is 15.9 Å². The van der Waals surface area contributed by atoms with Crippen LogP contribution in [0.5, 0.6) is 0 Å². The van der Waals surface area contributed by atoms with Gasteiger partial charge in [-0.15, -0.1) is 0 Å². The minimum atomic E-state index is -3.62. The highest BCUT2D eigenvalue weighted by molar-refractivity contribution is 7.92.